The van der Waals surface area contributed by atoms with Gasteiger partial charge in [-0.05, 0) is 18.1 Å². The molecular formula is C11H9F3O4. The van der Waals surface area contributed by atoms with Crippen LogP contribution in [0.5, 0.6) is 0 Å². The predicted molar refractivity (Wildman–Crippen MR) is 53.9 cm³/mol. The summed E-state index contributed by atoms with van der Waals surface area (Å²) in [5.74, 6) is -5.23. The number of rotatable bonds is 4. The zero-order valence-electron chi connectivity index (χ0n) is 8.94. The van der Waals surface area contributed by atoms with Crippen molar-refractivity contribution < 1.29 is 33.0 Å². The van der Waals surface area contributed by atoms with E-state index in [0.29, 0.717) is 0 Å². The first-order valence-electron chi connectivity index (χ1n) is 4.84. The Hall–Kier alpha value is -2.05. The summed E-state index contributed by atoms with van der Waals surface area (Å²) in [5, 5.41) is 17.3. The summed E-state index contributed by atoms with van der Waals surface area (Å²) in [5.41, 5.74) is -1.36. The van der Waals surface area contributed by atoms with Crippen LogP contribution in [0.3, 0.4) is 0 Å². The molecule has 4 nitrogen and oxygen atoms in total. The molecule has 0 aliphatic rings. The van der Waals surface area contributed by atoms with Crippen LogP contribution in [0.25, 0.3) is 0 Å². The van der Waals surface area contributed by atoms with E-state index in [0.717, 1.165) is 18.2 Å². The minimum absolute atomic E-state index is 0.347. The minimum Gasteiger partial charge on any atom is -0.481 e. The second kappa shape index (κ2) is 5.07. The highest BCUT2D eigenvalue weighted by Crippen LogP contribution is 2.32. The van der Waals surface area contributed by atoms with Gasteiger partial charge >= 0.3 is 18.1 Å². The molecule has 1 aromatic carbocycles. The van der Waals surface area contributed by atoms with Crippen molar-refractivity contribution in [2.45, 2.75) is 12.6 Å². The van der Waals surface area contributed by atoms with E-state index >= 15 is 0 Å². The molecule has 0 saturated carbocycles. The second-order valence-electron chi connectivity index (χ2n) is 3.59. The standard InChI is InChI=1S/C11H9F3O4/c12-11(13,14)8-4-2-1-3-6(8)5-7(9(15)16)10(17)18/h1-4,7H,5H2,(H,15,16)(H,17,18). The zero-order chi connectivity index (χ0) is 13.9. The quantitative estimate of drug-likeness (QED) is 0.814. The summed E-state index contributed by atoms with van der Waals surface area (Å²) >= 11 is 0. The average Bonchev–Trinajstić information content (AvgIpc) is 2.24. The number of carboxylic acid groups (broad SMARTS) is 2. The zero-order valence-corrected chi connectivity index (χ0v) is 8.94. The number of aliphatic carboxylic acids is 2. The van der Waals surface area contributed by atoms with Crippen molar-refractivity contribution in [1.82, 2.24) is 0 Å². The van der Waals surface area contributed by atoms with Gasteiger partial charge in [-0.2, -0.15) is 13.2 Å². The van der Waals surface area contributed by atoms with Crippen molar-refractivity contribution in [2.24, 2.45) is 5.92 Å². The van der Waals surface area contributed by atoms with Gasteiger partial charge in [0.05, 0.1) is 5.56 Å². The molecule has 0 radical (unpaired) electrons. The van der Waals surface area contributed by atoms with Crippen molar-refractivity contribution >= 4 is 11.9 Å². The molecule has 0 amide bonds. The van der Waals surface area contributed by atoms with Crippen molar-refractivity contribution in [3.05, 3.63) is 35.4 Å². The number of alkyl halides is 3. The highest BCUT2D eigenvalue weighted by atomic mass is 19.4. The van der Waals surface area contributed by atoms with Gasteiger partial charge in [-0.3, -0.25) is 9.59 Å². The molecule has 0 bridgehead atoms. The fourth-order valence-electron chi connectivity index (χ4n) is 1.48. The van der Waals surface area contributed by atoms with Gasteiger partial charge in [0.2, 0.25) is 0 Å². The molecule has 1 rings (SSSR count). The maximum atomic E-state index is 12.6. The maximum absolute atomic E-state index is 12.6. The number of carbonyl (C=O) groups is 2. The number of carboxylic acids is 2. The largest absolute Gasteiger partial charge is 0.481 e. The number of hydrogen-bond donors (Lipinski definition) is 2. The van der Waals surface area contributed by atoms with Gasteiger partial charge in [0.25, 0.3) is 0 Å². The Balaban J connectivity index is 3.11. The fourth-order valence-corrected chi connectivity index (χ4v) is 1.48. The van der Waals surface area contributed by atoms with Crippen LogP contribution in [0.15, 0.2) is 24.3 Å². The first-order chi connectivity index (χ1) is 8.23. The van der Waals surface area contributed by atoms with Crippen LogP contribution in [0, 0.1) is 5.92 Å². The van der Waals surface area contributed by atoms with E-state index < -0.39 is 36.0 Å². The van der Waals surface area contributed by atoms with Crippen LogP contribution < -0.4 is 0 Å². The molecule has 0 atom stereocenters. The van der Waals surface area contributed by atoms with Gasteiger partial charge in [-0.25, -0.2) is 0 Å². The monoisotopic (exact) mass is 262 g/mol. The van der Waals surface area contributed by atoms with Crippen LogP contribution in [0.1, 0.15) is 11.1 Å². The second-order valence-corrected chi connectivity index (χ2v) is 3.59. The van der Waals surface area contributed by atoms with Crippen molar-refractivity contribution in [1.29, 1.82) is 0 Å². The van der Waals surface area contributed by atoms with E-state index in [1.54, 1.807) is 0 Å². The van der Waals surface area contributed by atoms with E-state index in [1.807, 2.05) is 0 Å². The lowest BCUT2D eigenvalue weighted by molar-refractivity contribution is -0.155. The van der Waals surface area contributed by atoms with Gasteiger partial charge in [-0.1, -0.05) is 18.2 Å². The third kappa shape index (κ3) is 3.22. The Morgan fingerprint density at radius 3 is 2.06 bits per heavy atom. The average molecular weight is 262 g/mol. The molecule has 0 aromatic heterocycles. The van der Waals surface area contributed by atoms with Crippen LogP contribution in [0.2, 0.25) is 0 Å². The predicted octanol–water partition coefficient (Wildman–Crippen LogP) is 2.03. The normalized spacial score (nSPS) is 11.6. The summed E-state index contributed by atoms with van der Waals surface area (Å²) in [7, 11) is 0. The van der Waals surface area contributed by atoms with E-state index in [9.17, 15) is 22.8 Å². The molecule has 1 aromatic rings. The Bertz CT molecular complexity index is 454. The summed E-state index contributed by atoms with van der Waals surface area (Å²) in [4.78, 5) is 21.3. The summed E-state index contributed by atoms with van der Waals surface area (Å²) in [6.45, 7) is 0. The van der Waals surface area contributed by atoms with E-state index in [2.05, 4.69) is 0 Å². The lowest BCUT2D eigenvalue weighted by atomic mass is 9.95. The van der Waals surface area contributed by atoms with Gasteiger partial charge in [0, 0.05) is 0 Å². The number of hydrogen-bond acceptors (Lipinski definition) is 2. The maximum Gasteiger partial charge on any atom is 0.416 e. The smallest absolute Gasteiger partial charge is 0.416 e. The Morgan fingerprint density at radius 1 is 1.11 bits per heavy atom. The SMILES string of the molecule is O=C(O)C(Cc1ccccc1C(F)(F)F)C(=O)O. The highest BCUT2D eigenvalue weighted by molar-refractivity contribution is 5.93. The van der Waals surface area contributed by atoms with Crippen LogP contribution in [0.4, 0.5) is 13.2 Å². The fraction of sp³-hybridized carbons (Fsp3) is 0.273. The van der Waals surface area contributed by atoms with Crippen LogP contribution >= 0.6 is 0 Å². The van der Waals surface area contributed by atoms with Gasteiger partial charge in [0.1, 0.15) is 0 Å². The third-order valence-corrected chi connectivity index (χ3v) is 2.34. The number of benzene rings is 1. The molecule has 98 valence electrons. The highest BCUT2D eigenvalue weighted by Gasteiger charge is 2.35. The Labute approximate surface area is 99.7 Å². The first-order valence-corrected chi connectivity index (χ1v) is 4.84. The van der Waals surface area contributed by atoms with Crippen molar-refractivity contribution in [3.8, 4) is 0 Å². The lowest BCUT2D eigenvalue weighted by Crippen LogP contribution is -2.26. The number of halogens is 3. The van der Waals surface area contributed by atoms with Gasteiger partial charge < -0.3 is 10.2 Å². The Kier molecular flexibility index (Phi) is 3.95. The molecule has 0 aliphatic carbocycles. The topological polar surface area (TPSA) is 74.6 Å². The van der Waals surface area contributed by atoms with Gasteiger partial charge in [0.15, 0.2) is 5.92 Å². The molecule has 2 N–H and O–H groups in total. The Morgan fingerprint density at radius 2 is 1.61 bits per heavy atom. The summed E-state index contributed by atoms with van der Waals surface area (Å²) in [6, 6.07) is 4.31. The molecule has 0 saturated heterocycles. The van der Waals surface area contributed by atoms with E-state index in [1.165, 1.54) is 6.07 Å². The van der Waals surface area contributed by atoms with E-state index in [4.69, 9.17) is 10.2 Å². The molecule has 0 unspecified atom stereocenters. The molecule has 0 spiro atoms. The lowest BCUT2D eigenvalue weighted by Gasteiger charge is -2.14. The third-order valence-electron chi connectivity index (χ3n) is 2.34. The van der Waals surface area contributed by atoms with Crippen molar-refractivity contribution in [2.75, 3.05) is 0 Å². The van der Waals surface area contributed by atoms with E-state index in [-0.39, 0.29) is 5.56 Å². The molecule has 0 aliphatic heterocycles. The first kappa shape index (κ1) is 14.0. The molecular weight excluding hydrogens is 253 g/mol. The molecule has 7 heteroatoms. The van der Waals surface area contributed by atoms with Crippen LogP contribution in [-0.4, -0.2) is 22.2 Å². The van der Waals surface area contributed by atoms with Crippen LogP contribution in [-0.2, 0) is 22.2 Å². The van der Waals surface area contributed by atoms with Gasteiger partial charge in [-0.15, -0.1) is 0 Å². The summed E-state index contributed by atoms with van der Waals surface area (Å²) < 4.78 is 37.8. The summed E-state index contributed by atoms with van der Waals surface area (Å²) in [6.07, 6.45) is -5.35. The minimum atomic E-state index is -4.64. The molecule has 0 fully saturated rings. The van der Waals surface area contributed by atoms with Crippen molar-refractivity contribution in [3.63, 3.8) is 0 Å². The molecule has 0 heterocycles. The molecule has 18 heavy (non-hydrogen) atoms.